The maximum absolute atomic E-state index is 14.0. The van der Waals surface area contributed by atoms with Crippen LogP contribution in [0.5, 0.6) is 0 Å². The van der Waals surface area contributed by atoms with Gasteiger partial charge in [0.1, 0.15) is 11.5 Å². The Morgan fingerprint density at radius 2 is 1.73 bits per heavy atom. The van der Waals surface area contributed by atoms with E-state index < -0.39 is 5.82 Å². The minimum Gasteiger partial charge on any atom is -0.380 e. The molecule has 4 nitrogen and oxygen atoms in total. The molecule has 0 radical (unpaired) electrons. The average molecular weight is 401 g/mol. The Morgan fingerprint density at radius 3 is 2.47 bits per heavy atom. The molecule has 4 rings (SSSR count). The predicted molar refractivity (Wildman–Crippen MR) is 120 cm³/mol. The number of hydrogen-bond donors (Lipinski definition) is 2. The third kappa shape index (κ3) is 4.10. The molecule has 1 aromatic heterocycles. The van der Waals surface area contributed by atoms with Crippen molar-refractivity contribution in [2.45, 2.75) is 32.7 Å². The number of aromatic nitrogens is 2. The Hall–Kier alpha value is -3.47. The lowest BCUT2D eigenvalue weighted by atomic mass is 9.87. The van der Waals surface area contributed by atoms with Crippen molar-refractivity contribution in [2.24, 2.45) is 0 Å². The smallest absolute Gasteiger partial charge is 0.275 e. The molecule has 5 heteroatoms. The number of para-hydroxylation sites is 2. The zero-order chi connectivity index (χ0) is 21.3. The molecule has 0 aliphatic carbocycles. The number of H-pyrrole nitrogens is 1. The summed E-state index contributed by atoms with van der Waals surface area (Å²) >= 11 is 0. The third-order valence-corrected chi connectivity index (χ3v) is 5.14. The molecular formula is C25H24FN3O. The first-order chi connectivity index (χ1) is 14.3. The monoisotopic (exact) mass is 401 g/mol. The van der Waals surface area contributed by atoms with Gasteiger partial charge in [-0.15, -0.1) is 0 Å². The lowest BCUT2D eigenvalue weighted by molar-refractivity contribution is 0.590. The first-order valence-electron chi connectivity index (χ1n) is 9.93. The summed E-state index contributed by atoms with van der Waals surface area (Å²) in [6.45, 7) is 7.09. The Morgan fingerprint density at radius 1 is 1.00 bits per heavy atom. The van der Waals surface area contributed by atoms with Gasteiger partial charge in [-0.1, -0.05) is 57.2 Å². The number of fused-ring (bicyclic) bond motifs is 1. The highest BCUT2D eigenvalue weighted by atomic mass is 19.1. The van der Waals surface area contributed by atoms with E-state index in [0.717, 1.165) is 5.56 Å². The van der Waals surface area contributed by atoms with Gasteiger partial charge in [0.2, 0.25) is 0 Å². The van der Waals surface area contributed by atoms with Gasteiger partial charge < -0.3 is 10.3 Å². The topological polar surface area (TPSA) is 57.8 Å². The molecule has 4 aromatic rings. The molecule has 0 amide bonds. The normalized spacial score (nSPS) is 11.6. The van der Waals surface area contributed by atoms with Crippen LogP contribution in [-0.2, 0) is 12.0 Å². The van der Waals surface area contributed by atoms with Gasteiger partial charge in [-0.2, -0.15) is 0 Å². The number of benzene rings is 3. The van der Waals surface area contributed by atoms with Gasteiger partial charge in [0.25, 0.3) is 5.56 Å². The minimum absolute atomic E-state index is 0.0961. The fraction of sp³-hybridized carbons (Fsp3) is 0.200. The van der Waals surface area contributed by atoms with E-state index in [9.17, 15) is 9.18 Å². The maximum atomic E-state index is 14.0. The largest absolute Gasteiger partial charge is 0.380 e. The van der Waals surface area contributed by atoms with E-state index in [-0.39, 0.29) is 16.7 Å². The van der Waals surface area contributed by atoms with Gasteiger partial charge >= 0.3 is 0 Å². The Kier molecular flexibility index (Phi) is 5.12. The average Bonchev–Trinajstić information content (AvgIpc) is 2.72. The number of aromatic amines is 1. The fourth-order valence-corrected chi connectivity index (χ4v) is 3.40. The van der Waals surface area contributed by atoms with Crippen molar-refractivity contribution in [2.75, 3.05) is 5.32 Å². The van der Waals surface area contributed by atoms with Crippen LogP contribution in [0.25, 0.3) is 22.3 Å². The van der Waals surface area contributed by atoms with Crippen molar-refractivity contribution >= 4 is 16.7 Å². The molecule has 152 valence electrons. The Labute approximate surface area is 174 Å². The van der Waals surface area contributed by atoms with Crippen LogP contribution in [0.15, 0.2) is 71.5 Å². The minimum atomic E-state index is -0.417. The molecular weight excluding hydrogens is 377 g/mol. The Balaban J connectivity index is 1.66. The number of nitrogens with zero attached hydrogens (tertiary/aromatic N) is 1. The molecule has 0 aliphatic rings. The maximum Gasteiger partial charge on any atom is 0.275 e. The highest BCUT2D eigenvalue weighted by molar-refractivity contribution is 5.81. The van der Waals surface area contributed by atoms with Gasteiger partial charge in [0, 0.05) is 17.8 Å². The van der Waals surface area contributed by atoms with Crippen LogP contribution < -0.4 is 10.9 Å². The zero-order valence-corrected chi connectivity index (χ0v) is 17.3. The van der Waals surface area contributed by atoms with E-state index in [2.05, 4.69) is 60.3 Å². The molecule has 0 saturated heterocycles. The summed E-state index contributed by atoms with van der Waals surface area (Å²) in [5.41, 5.74) is 4.70. The van der Waals surface area contributed by atoms with Crippen LogP contribution in [-0.4, -0.2) is 9.97 Å². The van der Waals surface area contributed by atoms with Crippen molar-refractivity contribution < 1.29 is 4.39 Å². The lowest BCUT2D eigenvalue weighted by Gasteiger charge is -2.19. The summed E-state index contributed by atoms with van der Waals surface area (Å²) < 4.78 is 14.0. The molecule has 1 heterocycles. The first kappa shape index (κ1) is 19.8. The van der Waals surface area contributed by atoms with E-state index in [0.29, 0.717) is 28.8 Å². The van der Waals surface area contributed by atoms with E-state index in [4.69, 9.17) is 0 Å². The summed E-state index contributed by atoms with van der Waals surface area (Å²) in [6.07, 6.45) is 0. The molecule has 0 aliphatic heterocycles. The molecule has 3 aromatic carbocycles. The highest BCUT2D eigenvalue weighted by Gasteiger charge is 2.15. The summed E-state index contributed by atoms with van der Waals surface area (Å²) in [5, 5.41) is 3.33. The summed E-state index contributed by atoms with van der Waals surface area (Å²) in [6, 6.07) is 20.1. The predicted octanol–water partition coefficient (Wildman–Crippen LogP) is 5.64. The van der Waals surface area contributed by atoms with Crippen LogP contribution in [0.1, 0.15) is 31.9 Å². The van der Waals surface area contributed by atoms with Gasteiger partial charge in [-0.25, -0.2) is 9.37 Å². The van der Waals surface area contributed by atoms with Gasteiger partial charge in [-0.3, -0.25) is 4.79 Å². The van der Waals surface area contributed by atoms with Gasteiger partial charge in [-0.05, 0) is 46.9 Å². The number of anilines is 1. The number of rotatable bonds is 4. The van der Waals surface area contributed by atoms with Crippen LogP contribution in [0.3, 0.4) is 0 Å². The van der Waals surface area contributed by atoms with Crippen LogP contribution >= 0.6 is 0 Å². The highest BCUT2D eigenvalue weighted by Crippen LogP contribution is 2.27. The zero-order valence-electron chi connectivity index (χ0n) is 17.3. The third-order valence-electron chi connectivity index (χ3n) is 5.14. The van der Waals surface area contributed by atoms with Crippen LogP contribution in [0.2, 0.25) is 0 Å². The second kappa shape index (κ2) is 7.75. The van der Waals surface area contributed by atoms with E-state index in [1.165, 1.54) is 17.7 Å². The van der Waals surface area contributed by atoms with Crippen LogP contribution in [0.4, 0.5) is 10.1 Å². The molecule has 0 bridgehead atoms. The van der Waals surface area contributed by atoms with Gasteiger partial charge in [0.05, 0.1) is 11.0 Å². The molecule has 0 fully saturated rings. The quantitative estimate of drug-likeness (QED) is 0.465. The van der Waals surface area contributed by atoms with Crippen molar-refractivity contribution in [1.82, 2.24) is 9.97 Å². The Bertz CT molecular complexity index is 1250. The number of halogens is 1. The lowest BCUT2D eigenvalue weighted by Crippen LogP contribution is -2.13. The van der Waals surface area contributed by atoms with E-state index in [1.807, 2.05) is 18.2 Å². The van der Waals surface area contributed by atoms with Crippen LogP contribution in [0, 0.1) is 5.82 Å². The molecule has 0 spiro atoms. The first-order valence-corrected chi connectivity index (χ1v) is 9.93. The molecule has 0 unspecified atom stereocenters. The molecule has 0 saturated carbocycles. The second-order valence-electron chi connectivity index (χ2n) is 8.42. The summed E-state index contributed by atoms with van der Waals surface area (Å²) in [7, 11) is 0. The van der Waals surface area contributed by atoms with Crippen molar-refractivity contribution in [3.8, 4) is 11.3 Å². The molecule has 2 N–H and O–H groups in total. The summed E-state index contributed by atoms with van der Waals surface area (Å²) in [4.78, 5) is 20.0. The van der Waals surface area contributed by atoms with Gasteiger partial charge in [0.15, 0.2) is 0 Å². The van der Waals surface area contributed by atoms with Crippen molar-refractivity contribution in [3.05, 3.63) is 94.0 Å². The molecule has 30 heavy (non-hydrogen) atoms. The van der Waals surface area contributed by atoms with E-state index >= 15 is 0 Å². The molecule has 0 atom stereocenters. The number of hydrogen-bond acceptors (Lipinski definition) is 3. The summed E-state index contributed by atoms with van der Waals surface area (Å²) in [5.74, 6) is -0.417. The standard InChI is InChI=1S/C25H24FN3O/c1-25(2,3)17-10-8-16(9-11-17)15-27-20-13-12-18(26)14-19(20)23-24(30)29-22-7-5-4-6-21(22)28-23/h4-14,27H,15H2,1-3H3,(H,29,30). The van der Waals surface area contributed by atoms with Crippen molar-refractivity contribution in [3.63, 3.8) is 0 Å². The SMILES string of the molecule is CC(C)(C)c1ccc(CNc2ccc(F)cc2-c2nc3ccccc3[nH]c2=O)cc1. The van der Waals surface area contributed by atoms with Crippen molar-refractivity contribution in [1.29, 1.82) is 0 Å². The second-order valence-corrected chi connectivity index (χ2v) is 8.42. The fourth-order valence-electron chi connectivity index (χ4n) is 3.40. The van der Waals surface area contributed by atoms with E-state index in [1.54, 1.807) is 12.1 Å². The number of nitrogens with one attached hydrogen (secondary N) is 2.